The van der Waals surface area contributed by atoms with Crippen molar-refractivity contribution < 1.29 is 33.0 Å². The summed E-state index contributed by atoms with van der Waals surface area (Å²) in [4.78, 5) is 23.6. The van der Waals surface area contributed by atoms with E-state index in [1.165, 1.54) is 0 Å². The minimum atomic E-state index is -1.82. The first-order valence-corrected chi connectivity index (χ1v) is 16.0. The van der Waals surface area contributed by atoms with Crippen LogP contribution in [-0.2, 0) is 33.0 Å². The fourth-order valence-corrected chi connectivity index (χ4v) is 6.39. The standard InChI is InChI=1S/C18H34O5Si.C8H12O2/c1-7-20-15(19)17(8-9-18(14-17)21-12-13-22-18)10-11-23-24(5,6)16(2,3)4;9-7-1-2-8(5-7)3-4-10-6-8/h7-14H2,1-6H3;1-6H2. The molecule has 2 unspecified atom stereocenters. The van der Waals surface area contributed by atoms with E-state index in [1.807, 2.05) is 6.92 Å². The number of Topliss-reactive ketones (excluding diaryl/α,β-unsaturated/α-hetero) is 1. The van der Waals surface area contributed by atoms with Crippen LogP contribution >= 0.6 is 0 Å². The van der Waals surface area contributed by atoms with Crippen molar-refractivity contribution in [2.75, 3.05) is 39.6 Å². The normalized spacial score (nSPS) is 30.7. The third-order valence-corrected chi connectivity index (χ3v) is 13.2. The average molecular weight is 499 g/mol. The van der Waals surface area contributed by atoms with Gasteiger partial charge in [0.1, 0.15) is 5.78 Å². The lowest BCUT2D eigenvalue weighted by molar-refractivity contribution is -0.172. The average Bonchev–Trinajstić information content (AvgIpc) is 3.54. The molecule has 34 heavy (non-hydrogen) atoms. The van der Waals surface area contributed by atoms with Gasteiger partial charge in [0.2, 0.25) is 0 Å². The zero-order valence-electron chi connectivity index (χ0n) is 22.3. The molecule has 4 aliphatic rings. The number of rotatable bonds is 6. The molecule has 0 amide bonds. The highest BCUT2D eigenvalue weighted by molar-refractivity contribution is 6.74. The smallest absolute Gasteiger partial charge is 0.312 e. The lowest BCUT2D eigenvalue weighted by atomic mass is 9.82. The van der Waals surface area contributed by atoms with Crippen LogP contribution in [-0.4, -0.2) is 65.5 Å². The first-order valence-electron chi connectivity index (χ1n) is 13.1. The summed E-state index contributed by atoms with van der Waals surface area (Å²) in [5, 5.41) is 0.165. The number of carbonyl (C=O) groups is 2. The Morgan fingerprint density at radius 1 is 1.06 bits per heavy atom. The molecule has 0 bridgehead atoms. The van der Waals surface area contributed by atoms with Gasteiger partial charge in [0.05, 0.1) is 31.8 Å². The second kappa shape index (κ2) is 10.7. The summed E-state index contributed by atoms with van der Waals surface area (Å²) in [7, 11) is -1.82. The third-order valence-electron chi connectivity index (χ3n) is 8.66. The molecule has 0 aromatic rings. The summed E-state index contributed by atoms with van der Waals surface area (Å²) in [6.45, 7) is 16.9. The maximum atomic E-state index is 12.7. The van der Waals surface area contributed by atoms with Gasteiger partial charge < -0.3 is 23.4 Å². The van der Waals surface area contributed by atoms with E-state index in [1.54, 1.807) is 0 Å². The molecule has 0 radical (unpaired) electrons. The summed E-state index contributed by atoms with van der Waals surface area (Å²) in [6, 6.07) is 0. The second-order valence-corrected chi connectivity index (χ2v) is 17.0. The fourth-order valence-electron chi connectivity index (χ4n) is 5.34. The Kier molecular flexibility index (Phi) is 8.72. The van der Waals surface area contributed by atoms with Crippen LogP contribution in [0.2, 0.25) is 18.1 Å². The SMILES string of the molecule is CCOC(=O)C1(CCO[Si](C)(C)C(C)(C)C)CCC2(C1)OCCO2.O=C1CCC2(CCOC2)C1. The minimum absolute atomic E-state index is 0.125. The first-order chi connectivity index (χ1) is 15.9. The lowest BCUT2D eigenvalue weighted by Crippen LogP contribution is -2.42. The van der Waals surface area contributed by atoms with Crippen LogP contribution in [0.15, 0.2) is 0 Å². The maximum Gasteiger partial charge on any atom is 0.312 e. The van der Waals surface area contributed by atoms with E-state index in [4.69, 9.17) is 23.4 Å². The van der Waals surface area contributed by atoms with Crippen LogP contribution in [0.5, 0.6) is 0 Å². The van der Waals surface area contributed by atoms with Gasteiger partial charge in [-0.2, -0.15) is 0 Å². The maximum absolute atomic E-state index is 12.7. The molecule has 2 aliphatic carbocycles. The Bertz CT molecular complexity index is 717. The molecule has 4 fully saturated rings. The highest BCUT2D eigenvalue weighted by Gasteiger charge is 2.56. The predicted molar refractivity (Wildman–Crippen MR) is 132 cm³/mol. The largest absolute Gasteiger partial charge is 0.466 e. The Balaban J connectivity index is 0.000000266. The van der Waals surface area contributed by atoms with Gasteiger partial charge >= 0.3 is 5.97 Å². The molecular weight excluding hydrogens is 452 g/mol. The monoisotopic (exact) mass is 498 g/mol. The van der Waals surface area contributed by atoms with Gasteiger partial charge in [0.15, 0.2) is 14.1 Å². The molecule has 2 atom stereocenters. The number of ketones is 1. The molecular formula is C26H46O7Si. The van der Waals surface area contributed by atoms with Crippen LogP contribution in [0, 0.1) is 10.8 Å². The number of hydrogen-bond acceptors (Lipinski definition) is 7. The number of carbonyl (C=O) groups excluding carboxylic acids is 2. The minimum Gasteiger partial charge on any atom is -0.466 e. The van der Waals surface area contributed by atoms with Crippen molar-refractivity contribution in [2.45, 2.75) is 103 Å². The topological polar surface area (TPSA) is 80.3 Å². The Morgan fingerprint density at radius 2 is 1.76 bits per heavy atom. The van der Waals surface area contributed by atoms with E-state index in [0.717, 1.165) is 51.7 Å². The van der Waals surface area contributed by atoms with E-state index < -0.39 is 19.5 Å². The van der Waals surface area contributed by atoms with E-state index in [-0.39, 0.29) is 16.4 Å². The lowest BCUT2D eigenvalue weighted by Gasteiger charge is -2.37. The molecule has 4 rings (SSSR count). The molecule has 2 saturated carbocycles. The molecule has 0 aromatic carbocycles. The van der Waals surface area contributed by atoms with Crippen LogP contribution in [0.4, 0.5) is 0 Å². The van der Waals surface area contributed by atoms with Crippen molar-refractivity contribution >= 4 is 20.1 Å². The number of esters is 1. The van der Waals surface area contributed by atoms with Crippen molar-refractivity contribution in [2.24, 2.45) is 10.8 Å². The molecule has 2 saturated heterocycles. The summed E-state index contributed by atoms with van der Waals surface area (Å²) in [5.74, 6) is -0.269. The van der Waals surface area contributed by atoms with E-state index in [0.29, 0.717) is 45.1 Å². The van der Waals surface area contributed by atoms with Crippen LogP contribution < -0.4 is 0 Å². The van der Waals surface area contributed by atoms with Crippen molar-refractivity contribution in [1.82, 2.24) is 0 Å². The van der Waals surface area contributed by atoms with Gasteiger partial charge in [-0.05, 0) is 50.7 Å². The summed E-state index contributed by atoms with van der Waals surface area (Å²) in [5.41, 5.74) is -0.250. The van der Waals surface area contributed by atoms with Gasteiger partial charge in [-0.3, -0.25) is 9.59 Å². The molecule has 2 heterocycles. The van der Waals surface area contributed by atoms with E-state index in [2.05, 4.69) is 33.9 Å². The Labute approximate surface area is 206 Å². The second-order valence-electron chi connectivity index (χ2n) is 12.2. The Hall–Kier alpha value is -0.803. The van der Waals surface area contributed by atoms with Crippen molar-refractivity contribution in [3.8, 4) is 0 Å². The fraction of sp³-hybridized carbons (Fsp3) is 0.923. The molecule has 2 spiro atoms. The van der Waals surface area contributed by atoms with E-state index >= 15 is 0 Å². The zero-order valence-corrected chi connectivity index (χ0v) is 23.3. The van der Waals surface area contributed by atoms with Crippen molar-refractivity contribution in [3.05, 3.63) is 0 Å². The summed E-state index contributed by atoms with van der Waals surface area (Å²) in [6.07, 6.45) is 6.52. The number of hydrogen-bond donors (Lipinski definition) is 0. The first kappa shape index (κ1) is 27.8. The van der Waals surface area contributed by atoms with Crippen molar-refractivity contribution in [3.63, 3.8) is 0 Å². The molecule has 0 N–H and O–H groups in total. The van der Waals surface area contributed by atoms with Gasteiger partial charge in [0, 0.05) is 44.3 Å². The van der Waals surface area contributed by atoms with E-state index in [9.17, 15) is 9.59 Å². The zero-order chi connectivity index (χ0) is 25.1. The van der Waals surface area contributed by atoms with Crippen LogP contribution in [0.25, 0.3) is 0 Å². The van der Waals surface area contributed by atoms with Crippen LogP contribution in [0.3, 0.4) is 0 Å². The molecule has 8 heteroatoms. The van der Waals surface area contributed by atoms with Crippen LogP contribution in [0.1, 0.15) is 79.1 Å². The molecule has 7 nitrogen and oxygen atoms in total. The quantitative estimate of drug-likeness (QED) is 0.376. The van der Waals surface area contributed by atoms with Gasteiger partial charge in [0.25, 0.3) is 0 Å². The predicted octanol–water partition coefficient (Wildman–Crippen LogP) is 5.02. The third kappa shape index (κ3) is 6.30. The molecule has 196 valence electrons. The highest BCUT2D eigenvalue weighted by atomic mass is 28.4. The molecule has 2 aliphatic heterocycles. The number of ether oxygens (including phenoxy) is 4. The summed E-state index contributed by atoms with van der Waals surface area (Å²) >= 11 is 0. The van der Waals surface area contributed by atoms with Gasteiger partial charge in [-0.15, -0.1) is 0 Å². The van der Waals surface area contributed by atoms with Crippen molar-refractivity contribution in [1.29, 1.82) is 0 Å². The highest BCUT2D eigenvalue weighted by Crippen LogP contribution is 2.51. The summed E-state index contributed by atoms with van der Waals surface area (Å²) < 4.78 is 28.6. The van der Waals surface area contributed by atoms with Gasteiger partial charge in [-0.25, -0.2) is 0 Å². The molecule has 0 aromatic heterocycles. The van der Waals surface area contributed by atoms with Gasteiger partial charge in [-0.1, -0.05) is 20.8 Å². The Morgan fingerprint density at radius 3 is 2.29 bits per heavy atom.